The molecule has 1 atom stereocenters. The lowest BCUT2D eigenvalue weighted by atomic mass is 9.91. The first-order valence-electron chi connectivity index (χ1n) is 10.0. The van der Waals surface area contributed by atoms with Crippen LogP contribution in [0.25, 0.3) is 0 Å². The summed E-state index contributed by atoms with van der Waals surface area (Å²) in [6.45, 7) is 2.38. The second-order valence-electron chi connectivity index (χ2n) is 7.92. The molecule has 2 aromatic carbocycles. The van der Waals surface area contributed by atoms with Crippen molar-refractivity contribution >= 4 is 17.6 Å². The zero-order valence-corrected chi connectivity index (χ0v) is 19.1. The van der Waals surface area contributed by atoms with Crippen molar-refractivity contribution in [3.8, 4) is 0 Å². The number of amides is 1. The van der Waals surface area contributed by atoms with E-state index in [1.165, 1.54) is 12.1 Å². The normalized spacial score (nSPS) is 14.5. The Bertz CT molecular complexity index is 1140. The fourth-order valence-electron chi connectivity index (χ4n) is 3.20. The summed E-state index contributed by atoms with van der Waals surface area (Å²) in [6.07, 6.45) is -18.1. The predicted molar refractivity (Wildman–Crippen MR) is 110 cm³/mol. The van der Waals surface area contributed by atoms with E-state index in [0.717, 1.165) is 29.7 Å². The number of benzene rings is 2. The number of hydrogen-bond donors (Lipinski definition) is 3. The molecule has 0 heterocycles. The average molecular weight is 546 g/mol. The lowest BCUT2D eigenvalue weighted by Crippen LogP contribution is -2.72. The van der Waals surface area contributed by atoms with Crippen LogP contribution in [0.2, 0.25) is 0 Å². The molecular formula is C22H19F9N2O4. The maximum absolute atomic E-state index is 14.0. The van der Waals surface area contributed by atoms with Crippen molar-refractivity contribution in [2.45, 2.75) is 43.6 Å². The molecule has 0 radical (unpaired) electrons. The van der Waals surface area contributed by atoms with Crippen molar-refractivity contribution in [2.75, 3.05) is 12.4 Å². The van der Waals surface area contributed by atoms with Gasteiger partial charge in [0.1, 0.15) is 0 Å². The van der Waals surface area contributed by atoms with Crippen molar-refractivity contribution in [1.82, 2.24) is 5.32 Å². The van der Waals surface area contributed by atoms with Gasteiger partial charge in [-0.2, -0.15) is 39.5 Å². The first kappa shape index (κ1) is 29.7. The van der Waals surface area contributed by atoms with E-state index in [9.17, 15) is 54.2 Å². The topological polar surface area (TPSA) is 87.7 Å². The number of aryl methyl sites for hydroxylation is 2. The van der Waals surface area contributed by atoms with Crippen molar-refractivity contribution < 1.29 is 58.9 Å². The van der Waals surface area contributed by atoms with Crippen molar-refractivity contribution in [2.24, 2.45) is 0 Å². The second kappa shape index (κ2) is 9.76. The van der Waals surface area contributed by atoms with Gasteiger partial charge in [0.25, 0.3) is 11.5 Å². The zero-order valence-electron chi connectivity index (χ0n) is 19.1. The quantitative estimate of drug-likeness (QED) is 0.273. The summed E-state index contributed by atoms with van der Waals surface area (Å²) < 4.78 is 128. The highest BCUT2D eigenvalue weighted by Crippen LogP contribution is 2.45. The Hall–Kier alpha value is -3.49. The smallest absolute Gasteiger partial charge is 0.439 e. The van der Waals surface area contributed by atoms with Crippen LogP contribution in [0.5, 0.6) is 0 Å². The van der Waals surface area contributed by atoms with Crippen molar-refractivity contribution in [1.29, 1.82) is 0 Å². The highest BCUT2D eigenvalue weighted by atomic mass is 19.4. The van der Waals surface area contributed by atoms with Gasteiger partial charge in [0.05, 0.1) is 7.11 Å². The third-order valence-corrected chi connectivity index (χ3v) is 5.32. The van der Waals surface area contributed by atoms with Crippen LogP contribution in [0.15, 0.2) is 42.5 Å². The van der Waals surface area contributed by atoms with E-state index in [2.05, 4.69) is 4.74 Å². The number of ether oxygens (including phenoxy) is 1. The molecular weight excluding hydrogens is 527 g/mol. The number of rotatable bonds is 6. The van der Waals surface area contributed by atoms with Gasteiger partial charge in [-0.05, 0) is 37.6 Å². The Morgan fingerprint density at radius 3 is 1.73 bits per heavy atom. The molecule has 0 aliphatic rings. The Morgan fingerprint density at radius 1 is 0.811 bits per heavy atom. The fourth-order valence-corrected chi connectivity index (χ4v) is 3.20. The molecule has 15 heteroatoms. The fraction of sp³-hybridized carbons (Fsp3) is 0.364. The maximum Gasteiger partial charge on any atom is 0.439 e. The van der Waals surface area contributed by atoms with Crippen LogP contribution >= 0.6 is 0 Å². The minimum Gasteiger partial charge on any atom is -0.466 e. The van der Waals surface area contributed by atoms with Gasteiger partial charge in [0, 0.05) is 16.8 Å². The van der Waals surface area contributed by atoms with Crippen LogP contribution in [0.4, 0.5) is 45.2 Å². The second-order valence-corrected chi connectivity index (χ2v) is 7.92. The molecule has 0 aliphatic carbocycles. The van der Waals surface area contributed by atoms with Crippen molar-refractivity contribution in [3.63, 3.8) is 0 Å². The number of alkyl halides is 9. The minimum atomic E-state index is -6.21. The predicted octanol–water partition coefficient (Wildman–Crippen LogP) is 4.89. The van der Waals surface area contributed by atoms with E-state index in [0.29, 0.717) is 30.9 Å². The molecule has 0 fully saturated rings. The molecule has 0 spiro atoms. The molecule has 6 nitrogen and oxygen atoms in total. The third-order valence-electron chi connectivity index (χ3n) is 5.32. The molecule has 1 amide bonds. The SMILES string of the molecule is COC(=O)[C@@](O)(c1ccc(NC(NC(=O)c2ccc(C)cc2)(C(F)(F)F)C(F)(F)F)c(C)c1)C(F)(F)F. The van der Waals surface area contributed by atoms with Crippen LogP contribution in [0.3, 0.4) is 0 Å². The summed E-state index contributed by atoms with van der Waals surface area (Å²) in [7, 11) is 0.527. The molecule has 2 rings (SSSR count). The van der Waals surface area contributed by atoms with Gasteiger partial charge in [-0.3, -0.25) is 4.79 Å². The molecule has 2 aromatic rings. The van der Waals surface area contributed by atoms with Crippen LogP contribution in [0, 0.1) is 13.8 Å². The Kier molecular flexibility index (Phi) is 7.84. The Labute approximate surface area is 203 Å². The third kappa shape index (κ3) is 5.45. The summed E-state index contributed by atoms with van der Waals surface area (Å²) in [5, 5.41) is 12.1. The Morgan fingerprint density at radius 2 is 1.32 bits per heavy atom. The van der Waals surface area contributed by atoms with E-state index < -0.39 is 64.0 Å². The number of nitrogens with one attached hydrogen (secondary N) is 2. The molecule has 3 N–H and O–H groups in total. The minimum absolute atomic E-state index is 0.291. The van der Waals surface area contributed by atoms with Gasteiger partial charge in [-0.1, -0.05) is 29.8 Å². The van der Waals surface area contributed by atoms with Gasteiger partial charge < -0.3 is 20.5 Å². The monoisotopic (exact) mass is 546 g/mol. The lowest BCUT2D eigenvalue weighted by molar-refractivity contribution is -0.294. The summed E-state index contributed by atoms with van der Waals surface area (Å²) in [5.41, 5.74) is -12.3. The number of carbonyl (C=O) groups is 2. The number of anilines is 1. The first-order valence-corrected chi connectivity index (χ1v) is 10.0. The molecule has 0 saturated heterocycles. The number of hydrogen-bond acceptors (Lipinski definition) is 5. The molecule has 0 aliphatic heterocycles. The van der Waals surface area contributed by atoms with Gasteiger partial charge in [-0.25, -0.2) is 4.79 Å². The van der Waals surface area contributed by atoms with E-state index in [4.69, 9.17) is 0 Å². The highest BCUT2D eigenvalue weighted by Gasteiger charge is 2.73. The zero-order chi connectivity index (χ0) is 28.6. The molecule has 37 heavy (non-hydrogen) atoms. The average Bonchev–Trinajstić information content (AvgIpc) is 2.76. The highest BCUT2D eigenvalue weighted by molar-refractivity contribution is 5.95. The van der Waals surface area contributed by atoms with Crippen molar-refractivity contribution in [3.05, 3.63) is 64.7 Å². The Balaban J connectivity index is 2.63. The van der Waals surface area contributed by atoms with E-state index in [-0.39, 0.29) is 0 Å². The van der Waals surface area contributed by atoms with Gasteiger partial charge in [0.2, 0.25) is 0 Å². The van der Waals surface area contributed by atoms with Gasteiger partial charge in [-0.15, -0.1) is 0 Å². The van der Waals surface area contributed by atoms with Gasteiger partial charge in [0.15, 0.2) is 0 Å². The van der Waals surface area contributed by atoms with E-state index in [1.54, 1.807) is 6.92 Å². The van der Waals surface area contributed by atoms with Crippen LogP contribution < -0.4 is 10.6 Å². The van der Waals surface area contributed by atoms with E-state index in [1.807, 2.05) is 0 Å². The lowest BCUT2D eigenvalue weighted by Gasteiger charge is -2.39. The number of esters is 1. The van der Waals surface area contributed by atoms with Crippen LogP contribution in [0.1, 0.15) is 27.0 Å². The number of methoxy groups -OCH3 is 1. The molecule has 0 bridgehead atoms. The largest absolute Gasteiger partial charge is 0.466 e. The summed E-state index contributed by atoms with van der Waals surface area (Å²) in [6, 6.07) is 5.54. The summed E-state index contributed by atoms with van der Waals surface area (Å²) in [5.74, 6) is -3.95. The molecule has 0 saturated carbocycles. The maximum atomic E-state index is 14.0. The number of aliphatic hydroxyl groups is 1. The standard InChI is InChI=1S/C22H19F9N2O4/c1-11-4-6-13(7-5-11)16(34)33-19(21(26,27)28,22(29,30)31)32-15-9-8-14(10-12(15)2)18(36,17(35)37-3)20(23,24)25/h4-10,32,36H,1-3H3,(H,33,34)/t18-/m0/s1. The number of carbonyl (C=O) groups excluding carboxylic acids is 2. The van der Waals surface area contributed by atoms with Crippen LogP contribution in [-0.4, -0.2) is 48.3 Å². The number of halogens is 9. The van der Waals surface area contributed by atoms with Crippen LogP contribution in [-0.2, 0) is 15.1 Å². The summed E-state index contributed by atoms with van der Waals surface area (Å²) >= 11 is 0. The molecule has 0 aromatic heterocycles. The molecule has 0 unspecified atom stereocenters. The molecule has 204 valence electrons. The van der Waals surface area contributed by atoms with E-state index >= 15 is 0 Å². The first-order chi connectivity index (χ1) is 16.7. The van der Waals surface area contributed by atoms with Gasteiger partial charge >= 0.3 is 30.2 Å². The summed E-state index contributed by atoms with van der Waals surface area (Å²) in [4.78, 5) is 24.1.